The van der Waals surface area contributed by atoms with Crippen LogP contribution in [0.1, 0.15) is 47.0 Å². The Hall–Kier alpha value is -1.32. The molecule has 0 aromatic carbocycles. The number of allylic oxidation sites excluding steroid dienone is 1. The van der Waals surface area contributed by atoms with E-state index in [9.17, 15) is 9.59 Å². The summed E-state index contributed by atoms with van der Waals surface area (Å²) in [6, 6.07) is 0. The standard InChI is InChI=1S/C17H24O4/c1-10(18)21-13-7-8-17(4)12(16(13,2)3)6-5-11-9-20-15(19)14(11)17/h5,12-14H,6-9H2,1-4H3/t12-,13-,14-,17+/m1/s1. The van der Waals surface area contributed by atoms with Crippen LogP contribution in [-0.4, -0.2) is 24.6 Å². The highest BCUT2D eigenvalue weighted by Crippen LogP contribution is 2.61. The van der Waals surface area contributed by atoms with E-state index in [0.717, 1.165) is 24.8 Å². The third-order valence-corrected chi connectivity index (χ3v) is 6.04. The molecular formula is C17H24O4. The maximum absolute atomic E-state index is 12.2. The molecule has 4 nitrogen and oxygen atoms in total. The number of carbonyl (C=O) groups excluding carboxylic acids is 2. The van der Waals surface area contributed by atoms with Gasteiger partial charge in [0.25, 0.3) is 0 Å². The third kappa shape index (κ3) is 2.02. The van der Waals surface area contributed by atoms with Gasteiger partial charge in [0.05, 0.1) is 5.92 Å². The lowest BCUT2D eigenvalue weighted by Crippen LogP contribution is -2.55. The van der Waals surface area contributed by atoms with Gasteiger partial charge in [-0.15, -0.1) is 0 Å². The van der Waals surface area contributed by atoms with Crippen LogP contribution in [-0.2, 0) is 19.1 Å². The first-order valence-corrected chi connectivity index (χ1v) is 7.79. The molecular weight excluding hydrogens is 268 g/mol. The molecule has 3 rings (SSSR count). The Balaban J connectivity index is 1.96. The van der Waals surface area contributed by atoms with Crippen LogP contribution in [0.2, 0.25) is 0 Å². The highest BCUT2D eigenvalue weighted by molar-refractivity contribution is 5.80. The van der Waals surface area contributed by atoms with E-state index in [1.807, 2.05) is 0 Å². The third-order valence-electron chi connectivity index (χ3n) is 6.04. The normalized spacial score (nSPS) is 40.7. The summed E-state index contributed by atoms with van der Waals surface area (Å²) >= 11 is 0. The van der Waals surface area contributed by atoms with Gasteiger partial charge in [0.15, 0.2) is 0 Å². The SMILES string of the molecule is CC(=O)O[C@@H]1CC[C@]2(C)[C@H]3C(=O)OCC3=CC[C@@H]2C1(C)C. The Bertz CT molecular complexity index is 519. The molecule has 0 spiro atoms. The van der Waals surface area contributed by atoms with E-state index >= 15 is 0 Å². The summed E-state index contributed by atoms with van der Waals surface area (Å²) in [4.78, 5) is 23.6. The van der Waals surface area contributed by atoms with Gasteiger partial charge in [-0.25, -0.2) is 0 Å². The van der Waals surface area contributed by atoms with Crippen molar-refractivity contribution in [3.05, 3.63) is 11.6 Å². The van der Waals surface area contributed by atoms with Gasteiger partial charge in [-0.05, 0) is 36.2 Å². The molecule has 116 valence electrons. The van der Waals surface area contributed by atoms with Crippen LogP contribution >= 0.6 is 0 Å². The van der Waals surface area contributed by atoms with E-state index in [-0.39, 0.29) is 34.8 Å². The minimum atomic E-state index is -0.219. The van der Waals surface area contributed by atoms with E-state index in [2.05, 4.69) is 26.8 Å². The van der Waals surface area contributed by atoms with Crippen LogP contribution in [0.3, 0.4) is 0 Å². The molecule has 0 aromatic rings. The molecule has 1 aliphatic heterocycles. The summed E-state index contributed by atoms with van der Waals surface area (Å²) in [6.07, 6.45) is 4.76. The molecule has 2 fully saturated rings. The maximum atomic E-state index is 12.2. The Kier molecular flexibility index (Phi) is 3.19. The van der Waals surface area contributed by atoms with E-state index < -0.39 is 0 Å². The number of rotatable bonds is 1. The minimum absolute atomic E-state index is 0.0690. The molecule has 0 radical (unpaired) electrons. The highest BCUT2D eigenvalue weighted by atomic mass is 16.5. The molecule has 21 heavy (non-hydrogen) atoms. The summed E-state index contributed by atoms with van der Waals surface area (Å²) < 4.78 is 10.8. The van der Waals surface area contributed by atoms with Crippen molar-refractivity contribution in [3.63, 3.8) is 0 Å². The summed E-state index contributed by atoms with van der Waals surface area (Å²) in [7, 11) is 0. The van der Waals surface area contributed by atoms with Gasteiger partial charge in [-0.3, -0.25) is 9.59 Å². The van der Waals surface area contributed by atoms with Crippen LogP contribution in [0.4, 0.5) is 0 Å². The number of ether oxygens (including phenoxy) is 2. The number of hydrogen-bond donors (Lipinski definition) is 0. The quantitative estimate of drug-likeness (QED) is 0.551. The molecule has 3 aliphatic rings. The molecule has 0 N–H and O–H groups in total. The van der Waals surface area contributed by atoms with Crippen molar-refractivity contribution in [2.75, 3.05) is 6.61 Å². The fraction of sp³-hybridized carbons (Fsp3) is 0.765. The van der Waals surface area contributed by atoms with Gasteiger partial charge in [0.2, 0.25) is 0 Å². The Morgan fingerprint density at radius 1 is 1.38 bits per heavy atom. The van der Waals surface area contributed by atoms with Crippen molar-refractivity contribution in [2.24, 2.45) is 22.7 Å². The minimum Gasteiger partial charge on any atom is -0.462 e. The van der Waals surface area contributed by atoms with Crippen LogP contribution in [0, 0.1) is 22.7 Å². The maximum Gasteiger partial charge on any atom is 0.314 e. The summed E-state index contributed by atoms with van der Waals surface area (Å²) in [6.45, 7) is 8.48. The molecule has 0 bridgehead atoms. The summed E-state index contributed by atoms with van der Waals surface area (Å²) in [5.74, 6) is -0.0736. The highest BCUT2D eigenvalue weighted by Gasteiger charge is 2.60. The molecule has 4 atom stereocenters. The number of cyclic esters (lactones) is 1. The zero-order valence-corrected chi connectivity index (χ0v) is 13.3. The average molecular weight is 292 g/mol. The van der Waals surface area contributed by atoms with Crippen LogP contribution in [0.25, 0.3) is 0 Å². The van der Waals surface area contributed by atoms with Crippen molar-refractivity contribution in [1.29, 1.82) is 0 Å². The van der Waals surface area contributed by atoms with Gasteiger partial charge in [-0.1, -0.05) is 26.8 Å². The van der Waals surface area contributed by atoms with E-state index in [1.165, 1.54) is 6.92 Å². The van der Waals surface area contributed by atoms with Gasteiger partial charge >= 0.3 is 11.9 Å². The fourth-order valence-electron chi connectivity index (χ4n) is 5.00. The van der Waals surface area contributed by atoms with Gasteiger partial charge < -0.3 is 9.47 Å². The lowest BCUT2D eigenvalue weighted by atomic mass is 9.48. The van der Waals surface area contributed by atoms with Crippen LogP contribution < -0.4 is 0 Å². The lowest BCUT2D eigenvalue weighted by Gasteiger charge is -2.57. The topological polar surface area (TPSA) is 52.6 Å². The van der Waals surface area contributed by atoms with Crippen LogP contribution in [0.5, 0.6) is 0 Å². The molecule has 0 amide bonds. The molecule has 1 saturated heterocycles. The van der Waals surface area contributed by atoms with Crippen molar-refractivity contribution in [3.8, 4) is 0 Å². The zero-order chi connectivity index (χ0) is 15.4. The predicted octanol–water partition coefficient (Wildman–Crippen LogP) is 2.86. The van der Waals surface area contributed by atoms with Crippen LogP contribution in [0.15, 0.2) is 11.6 Å². The largest absolute Gasteiger partial charge is 0.462 e. The molecule has 0 aromatic heterocycles. The number of hydrogen-bond acceptors (Lipinski definition) is 4. The molecule has 2 aliphatic carbocycles. The van der Waals surface area contributed by atoms with E-state index in [1.54, 1.807) is 0 Å². The average Bonchev–Trinajstić information content (AvgIpc) is 2.76. The second-order valence-corrected chi connectivity index (χ2v) is 7.57. The van der Waals surface area contributed by atoms with Gasteiger partial charge in [0, 0.05) is 12.3 Å². The second-order valence-electron chi connectivity index (χ2n) is 7.57. The van der Waals surface area contributed by atoms with Crippen molar-refractivity contribution in [2.45, 2.75) is 53.1 Å². The molecule has 4 heteroatoms. The molecule has 1 heterocycles. The van der Waals surface area contributed by atoms with E-state index in [4.69, 9.17) is 9.47 Å². The van der Waals surface area contributed by atoms with Crippen molar-refractivity contribution < 1.29 is 19.1 Å². The molecule has 1 saturated carbocycles. The Morgan fingerprint density at radius 3 is 2.76 bits per heavy atom. The monoisotopic (exact) mass is 292 g/mol. The summed E-state index contributed by atoms with van der Waals surface area (Å²) in [5, 5.41) is 0. The number of carbonyl (C=O) groups is 2. The second kappa shape index (κ2) is 4.59. The number of esters is 2. The van der Waals surface area contributed by atoms with Crippen molar-refractivity contribution in [1.82, 2.24) is 0 Å². The fourth-order valence-corrected chi connectivity index (χ4v) is 5.00. The first-order valence-electron chi connectivity index (χ1n) is 7.79. The van der Waals surface area contributed by atoms with Crippen molar-refractivity contribution >= 4 is 11.9 Å². The Morgan fingerprint density at radius 2 is 2.10 bits per heavy atom. The van der Waals surface area contributed by atoms with E-state index in [0.29, 0.717) is 12.5 Å². The lowest BCUT2D eigenvalue weighted by molar-refractivity contribution is -0.175. The first kappa shape index (κ1) is 14.6. The zero-order valence-electron chi connectivity index (χ0n) is 13.3. The van der Waals surface area contributed by atoms with Gasteiger partial charge in [0.1, 0.15) is 12.7 Å². The first-order chi connectivity index (χ1) is 9.76. The van der Waals surface area contributed by atoms with Gasteiger partial charge in [-0.2, -0.15) is 0 Å². The Labute approximate surface area is 125 Å². The molecule has 0 unspecified atom stereocenters. The summed E-state index contributed by atoms with van der Waals surface area (Å²) in [5.41, 5.74) is 0.932. The number of fused-ring (bicyclic) bond motifs is 3. The predicted molar refractivity (Wildman–Crippen MR) is 77.3 cm³/mol. The smallest absolute Gasteiger partial charge is 0.314 e.